The Kier molecular flexibility index (Phi) is 12.5. The fourth-order valence-electron chi connectivity index (χ4n) is 11.6. The number of nitrogens with one attached hydrogen (secondary N) is 3. The number of methoxy groups -OCH3 is 1. The lowest BCUT2D eigenvalue weighted by Gasteiger charge is -2.63. The molecule has 67 heavy (non-hydrogen) atoms. The second-order valence-electron chi connectivity index (χ2n) is 18.9. The predicted molar refractivity (Wildman–Crippen MR) is 234 cm³/mol. The van der Waals surface area contributed by atoms with Crippen molar-refractivity contribution in [3.05, 3.63) is 95.1 Å². The summed E-state index contributed by atoms with van der Waals surface area (Å²) in [7, 11) is 1.44. The molecule has 8 rings (SSSR count). The number of carbonyl (C=O) groups is 7. The number of alkyl halides is 2. The Morgan fingerprint density at radius 2 is 1.60 bits per heavy atom. The van der Waals surface area contributed by atoms with Gasteiger partial charge in [-0.3, -0.25) is 38.5 Å². The van der Waals surface area contributed by atoms with Gasteiger partial charge in [0, 0.05) is 47.4 Å². The average Bonchev–Trinajstić information content (AvgIpc) is 3.92. The van der Waals surface area contributed by atoms with Gasteiger partial charge in [-0.05, 0) is 93.4 Å². The van der Waals surface area contributed by atoms with Crippen LogP contribution in [0.2, 0.25) is 0 Å². The van der Waals surface area contributed by atoms with E-state index in [4.69, 9.17) is 14.2 Å². The van der Waals surface area contributed by atoms with Crippen LogP contribution >= 0.6 is 0 Å². The molecule has 3 saturated carbocycles. The third kappa shape index (κ3) is 7.80. The van der Waals surface area contributed by atoms with Crippen LogP contribution in [0.4, 0.5) is 14.5 Å². The molecule has 18 heteroatoms. The zero-order valence-corrected chi connectivity index (χ0v) is 37.7. The molecule has 2 heterocycles. The fraction of sp³-hybridized carbons (Fsp3) is 0.490. The van der Waals surface area contributed by atoms with Crippen molar-refractivity contribution in [2.24, 2.45) is 22.7 Å². The van der Waals surface area contributed by atoms with Crippen LogP contribution in [0.15, 0.2) is 78.4 Å². The minimum atomic E-state index is -2.36. The average molecular weight is 929 g/mol. The number of allylic oxidation sites excluding steroid dienone is 4. The second-order valence-corrected chi connectivity index (χ2v) is 18.9. The summed E-state index contributed by atoms with van der Waals surface area (Å²) >= 11 is 0. The molecule has 356 valence electrons. The Labute approximate surface area is 385 Å². The lowest BCUT2D eigenvalue weighted by molar-refractivity contribution is -0.235. The van der Waals surface area contributed by atoms with E-state index < -0.39 is 118 Å². The molecule has 1 saturated heterocycles. The minimum Gasteiger partial charge on any atom is -0.495 e. The molecule has 12 atom stereocenters. The first-order valence-electron chi connectivity index (χ1n) is 22.3. The Morgan fingerprint density at radius 1 is 0.925 bits per heavy atom. The van der Waals surface area contributed by atoms with E-state index in [1.165, 1.54) is 40.0 Å². The molecular weight excluding hydrogens is 875 g/mol. The molecule has 4 fully saturated rings. The van der Waals surface area contributed by atoms with Crippen LogP contribution < -0.4 is 20.7 Å². The molecular formula is C49H54F2N4O12. The van der Waals surface area contributed by atoms with E-state index in [-0.39, 0.29) is 37.8 Å². The maximum Gasteiger partial charge on any atom is 0.253 e. The van der Waals surface area contributed by atoms with Crippen molar-refractivity contribution in [2.75, 3.05) is 25.6 Å². The number of fused-ring (bicyclic) bond motifs is 7. The first kappa shape index (κ1) is 47.5. The van der Waals surface area contributed by atoms with Gasteiger partial charge in [0.25, 0.3) is 11.8 Å². The molecule has 0 spiro atoms. The summed E-state index contributed by atoms with van der Waals surface area (Å²) in [5.74, 6) is -5.31. The van der Waals surface area contributed by atoms with E-state index in [0.717, 1.165) is 34.3 Å². The number of benzene rings is 2. The summed E-state index contributed by atoms with van der Waals surface area (Å²) < 4.78 is 52.4. The van der Waals surface area contributed by atoms with Gasteiger partial charge >= 0.3 is 0 Å². The molecule has 4 aliphatic carbocycles. The third-order valence-electron chi connectivity index (χ3n) is 15.1. The zero-order valence-electron chi connectivity index (χ0n) is 37.7. The number of imide groups is 1. The number of carbonyl (C=O) groups excluding carboxylic acids is 7. The summed E-state index contributed by atoms with van der Waals surface area (Å²) in [6.07, 6.45) is 0.396. The highest BCUT2D eigenvalue weighted by atomic mass is 19.1. The van der Waals surface area contributed by atoms with Gasteiger partial charge in [-0.2, -0.15) is 0 Å². The van der Waals surface area contributed by atoms with Crippen molar-refractivity contribution in [1.82, 2.24) is 15.5 Å². The number of rotatable bonds is 14. The normalized spacial score (nSPS) is 33.5. The van der Waals surface area contributed by atoms with Gasteiger partial charge in [0.2, 0.25) is 17.7 Å². The van der Waals surface area contributed by atoms with Gasteiger partial charge in [-0.15, -0.1) is 0 Å². The van der Waals surface area contributed by atoms with Crippen molar-refractivity contribution in [1.29, 1.82) is 0 Å². The van der Waals surface area contributed by atoms with Crippen LogP contribution in [0, 0.1) is 22.7 Å². The highest BCUT2D eigenvalue weighted by molar-refractivity contribution is 6.13. The molecule has 1 unspecified atom stereocenters. The summed E-state index contributed by atoms with van der Waals surface area (Å²) in [4.78, 5) is 88.8. The SMILES string of the molecule is COc1cc(Cc2ccc([C@@H]3O[C@@H]4CC5[C@@H]6C[C@H](F)C7=CC(=O)C=C[C@]7(C)[C@@]6(F)[C@@H](O)C[C@]5(C)[C@]4(C(=O)CO)O3)cc2)ccc1NC(=O)[C@H](C)NC(=O)[C@H](C)NC(=O)CCN1C(=O)C=CC1=O. The number of halogens is 2. The Hall–Kier alpha value is -5.95. The number of ether oxygens (including phenoxy) is 3. The highest BCUT2D eigenvalue weighted by Crippen LogP contribution is 2.72. The fourth-order valence-corrected chi connectivity index (χ4v) is 11.6. The van der Waals surface area contributed by atoms with Gasteiger partial charge in [0.1, 0.15) is 30.6 Å². The summed E-state index contributed by atoms with van der Waals surface area (Å²) in [6, 6.07) is 10.4. The molecule has 0 aromatic heterocycles. The minimum absolute atomic E-state index is 0.00468. The molecule has 2 aromatic carbocycles. The van der Waals surface area contributed by atoms with Crippen molar-refractivity contribution >= 4 is 46.8 Å². The number of amides is 5. The maximum atomic E-state index is 17.8. The number of nitrogens with zero attached hydrogens (tertiary/aromatic N) is 1. The van der Waals surface area contributed by atoms with Crippen molar-refractivity contribution in [3.63, 3.8) is 0 Å². The Morgan fingerprint density at radius 3 is 2.27 bits per heavy atom. The van der Waals surface area contributed by atoms with Crippen LogP contribution in [0.5, 0.6) is 5.75 Å². The van der Waals surface area contributed by atoms with Crippen molar-refractivity contribution in [3.8, 4) is 5.75 Å². The third-order valence-corrected chi connectivity index (χ3v) is 15.1. The standard InChI is InChI=1S/C49H54F2N4O12/c1-25(52-40(60)15-17-55-41(61)12-13-42(55)62)43(63)53-26(2)44(64)54-35-11-8-28(19-36(35)65-5)18-27-6-9-29(10-7-27)45-66-39-22-31-32-21-34(50)33-20-30(57)14-16-46(33,3)48(32,51)37(58)23-47(31,4)49(39,67-45)38(59)24-56/h6-14,16,19-20,25-26,31-32,34,37,39,45,56,58H,15,17-18,21-24H2,1-5H3,(H,52,60)(H,53,63)(H,54,64)/t25-,26-,31?,32-,34-,37-,39+,45+,46-,47-,48-,49+/m0/s1. The van der Waals surface area contributed by atoms with Crippen molar-refractivity contribution < 1.29 is 66.8 Å². The first-order valence-corrected chi connectivity index (χ1v) is 22.3. The van der Waals surface area contributed by atoms with Crippen LogP contribution in [0.25, 0.3) is 0 Å². The van der Waals surface area contributed by atoms with Crippen molar-refractivity contribution in [2.45, 2.75) is 108 Å². The highest BCUT2D eigenvalue weighted by Gasteiger charge is 2.80. The number of Topliss-reactive ketones (excluding diaryl/α,β-unsaturated/α-hetero) is 1. The van der Waals surface area contributed by atoms with Gasteiger partial charge in [-0.25, -0.2) is 8.78 Å². The number of aliphatic hydroxyl groups excluding tert-OH is 2. The van der Waals surface area contributed by atoms with Gasteiger partial charge in [0.15, 0.2) is 29.1 Å². The number of hydrogen-bond donors (Lipinski definition) is 5. The number of ketones is 2. The quantitative estimate of drug-likeness (QED) is 0.172. The van der Waals surface area contributed by atoms with E-state index in [1.54, 1.807) is 37.3 Å². The maximum absolute atomic E-state index is 17.8. The largest absolute Gasteiger partial charge is 0.495 e. The van der Waals surface area contributed by atoms with Crippen LogP contribution in [-0.4, -0.2) is 118 Å². The lowest BCUT2D eigenvalue weighted by atomic mass is 9.44. The van der Waals surface area contributed by atoms with E-state index in [9.17, 15) is 43.8 Å². The summed E-state index contributed by atoms with van der Waals surface area (Å²) in [6.45, 7) is 5.10. The zero-order chi connectivity index (χ0) is 48.4. The summed E-state index contributed by atoms with van der Waals surface area (Å²) in [5.41, 5.74) is -4.39. The molecule has 16 nitrogen and oxygen atoms in total. The van der Waals surface area contributed by atoms with E-state index in [0.29, 0.717) is 23.4 Å². The molecule has 0 bridgehead atoms. The monoisotopic (exact) mass is 928 g/mol. The van der Waals surface area contributed by atoms with E-state index >= 15 is 8.78 Å². The first-order chi connectivity index (χ1) is 31.7. The van der Waals surface area contributed by atoms with Crippen LogP contribution in [-0.2, 0) is 49.5 Å². The lowest BCUT2D eigenvalue weighted by Crippen LogP contribution is -2.70. The summed E-state index contributed by atoms with van der Waals surface area (Å²) in [5, 5.41) is 29.9. The molecule has 0 radical (unpaired) electrons. The molecule has 5 N–H and O–H groups in total. The number of hydrogen-bond acceptors (Lipinski definition) is 12. The Balaban J connectivity index is 0.892. The van der Waals surface area contributed by atoms with Crippen LogP contribution in [0.1, 0.15) is 76.4 Å². The van der Waals surface area contributed by atoms with Crippen LogP contribution in [0.3, 0.4) is 0 Å². The topological polar surface area (TPSA) is 227 Å². The molecule has 6 aliphatic rings. The number of anilines is 1. The van der Waals surface area contributed by atoms with Gasteiger partial charge in [0.05, 0.1) is 25.0 Å². The second kappa shape index (κ2) is 17.6. The smallest absolute Gasteiger partial charge is 0.253 e. The molecule has 5 amide bonds. The molecule has 2 aliphatic heterocycles. The van der Waals surface area contributed by atoms with Gasteiger partial charge in [-0.1, -0.05) is 43.3 Å². The Bertz CT molecular complexity index is 2500. The van der Waals surface area contributed by atoms with E-state index in [1.807, 2.05) is 12.1 Å². The molecule has 2 aromatic rings. The van der Waals surface area contributed by atoms with E-state index in [2.05, 4.69) is 16.0 Å². The van der Waals surface area contributed by atoms with Gasteiger partial charge < -0.3 is 40.4 Å². The number of aliphatic hydroxyl groups is 2. The predicted octanol–water partition coefficient (Wildman–Crippen LogP) is 3.19.